The molecular weight excluding hydrogens is 172 g/mol. The number of likely N-dealkylation sites (N-methyl/N-ethyl adjacent to an activating group) is 1. The highest BCUT2D eigenvalue weighted by Crippen LogP contribution is 2.15. The van der Waals surface area contributed by atoms with Gasteiger partial charge in [0.05, 0.1) is 0 Å². The zero-order chi connectivity index (χ0) is 10.6. The summed E-state index contributed by atoms with van der Waals surface area (Å²) in [4.78, 5) is 2.21. The minimum atomic E-state index is 1.11. The molecule has 0 heterocycles. The third-order valence-corrected chi connectivity index (χ3v) is 2.46. The van der Waals surface area contributed by atoms with Crippen LogP contribution in [0.2, 0.25) is 0 Å². The maximum absolute atomic E-state index is 3.15. The molecule has 1 rings (SSSR count). The molecular formula is C12H20N2. The van der Waals surface area contributed by atoms with Crippen LogP contribution in [0.1, 0.15) is 11.1 Å². The van der Waals surface area contributed by atoms with E-state index in [0.29, 0.717) is 0 Å². The second kappa shape index (κ2) is 5.01. The summed E-state index contributed by atoms with van der Waals surface area (Å²) in [5.74, 6) is 0. The molecule has 1 aromatic rings. The van der Waals surface area contributed by atoms with E-state index in [0.717, 1.165) is 13.0 Å². The van der Waals surface area contributed by atoms with Crippen LogP contribution in [0.4, 0.5) is 5.69 Å². The molecule has 78 valence electrons. The number of aryl methyl sites for hydroxylation is 1. The van der Waals surface area contributed by atoms with Crippen molar-refractivity contribution >= 4 is 5.69 Å². The van der Waals surface area contributed by atoms with Gasteiger partial charge >= 0.3 is 0 Å². The molecule has 14 heavy (non-hydrogen) atoms. The van der Waals surface area contributed by atoms with Crippen LogP contribution in [0, 0.1) is 6.92 Å². The van der Waals surface area contributed by atoms with Crippen molar-refractivity contribution in [3.05, 3.63) is 29.3 Å². The van der Waals surface area contributed by atoms with Gasteiger partial charge in [-0.2, -0.15) is 0 Å². The predicted octanol–water partition coefficient (Wildman–Crippen LogP) is 2.14. The number of hydrogen-bond donors (Lipinski definition) is 1. The highest BCUT2D eigenvalue weighted by atomic mass is 15.0. The SMILES string of the molecule is CNc1ccc(CCN(C)C)c(C)c1. The van der Waals surface area contributed by atoms with E-state index in [1.165, 1.54) is 16.8 Å². The Hall–Kier alpha value is -1.02. The van der Waals surface area contributed by atoms with Gasteiger partial charge in [0.1, 0.15) is 0 Å². The monoisotopic (exact) mass is 192 g/mol. The van der Waals surface area contributed by atoms with Gasteiger partial charge in [-0.1, -0.05) is 6.07 Å². The Kier molecular flexibility index (Phi) is 3.96. The Morgan fingerprint density at radius 2 is 2.00 bits per heavy atom. The third-order valence-electron chi connectivity index (χ3n) is 2.46. The fourth-order valence-electron chi connectivity index (χ4n) is 1.48. The normalized spacial score (nSPS) is 10.6. The van der Waals surface area contributed by atoms with E-state index in [2.05, 4.69) is 49.4 Å². The van der Waals surface area contributed by atoms with E-state index in [1.807, 2.05) is 7.05 Å². The van der Waals surface area contributed by atoms with Gasteiger partial charge in [-0.05, 0) is 50.7 Å². The first-order valence-corrected chi connectivity index (χ1v) is 5.05. The molecule has 0 unspecified atom stereocenters. The van der Waals surface area contributed by atoms with Crippen LogP contribution >= 0.6 is 0 Å². The highest BCUT2D eigenvalue weighted by molar-refractivity contribution is 5.47. The van der Waals surface area contributed by atoms with Crippen LogP contribution in [-0.4, -0.2) is 32.6 Å². The van der Waals surface area contributed by atoms with Crippen molar-refractivity contribution < 1.29 is 0 Å². The lowest BCUT2D eigenvalue weighted by atomic mass is 10.0. The molecule has 0 saturated carbocycles. The minimum absolute atomic E-state index is 1.11. The average Bonchev–Trinajstić information content (AvgIpc) is 2.15. The van der Waals surface area contributed by atoms with E-state index in [4.69, 9.17) is 0 Å². The molecule has 0 aliphatic rings. The van der Waals surface area contributed by atoms with Gasteiger partial charge in [0, 0.05) is 19.3 Å². The molecule has 1 aromatic carbocycles. The molecule has 0 spiro atoms. The van der Waals surface area contributed by atoms with E-state index in [9.17, 15) is 0 Å². The molecule has 2 nitrogen and oxygen atoms in total. The average molecular weight is 192 g/mol. The second-order valence-electron chi connectivity index (χ2n) is 3.94. The zero-order valence-corrected chi connectivity index (χ0v) is 9.59. The minimum Gasteiger partial charge on any atom is -0.388 e. The van der Waals surface area contributed by atoms with Crippen LogP contribution in [0.3, 0.4) is 0 Å². The van der Waals surface area contributed by atoms with Crippen molar-refractivity contribution in [2.45, 2.75) is 13.3 Å². The predicted molar refractivity (Wildman–Crippen MR) is 63.0 cm³/mol. The van der Waals surface area contributed by atoms with E-state index < -0.39 is 0 Å². The van der Waals surface area contributed by atoms with Crippen molar-refractivity contribution in [3.63, 3.8) is 0 Å². The van der Waals surface area contributed by atoms with Gasteiger partial charge in [-0.3, -0.25) is 0 Å². The number of nitrogens with one attached hydrogen (secondary N) is 1. The van der Waals surface area contributed by atoms with Crippen molar-refractivity contribution in [2.24, 2.45) is 0 Å². The number of benzene rings is 1. The summed E-state index contributed by atoms with van der Waals surface area (Å²) < 4.78 is 0. The molecule has 0 atom stereocenters. The first-order chi connectivity index (χ1) is 6.63. The summed E-state index contributed by atoms with van der Waals surface area (Å²) in [6, 6.07) is 6.55. The molecule has 0 fully saturated rings. The summed E-state index contributed by atoms with van der Waals surface area (Å²) in [7, 11) is 6.17. The zero-order valence-electron chi connectivity index (χ0n) is 9.59. The van der Waals surface area contributed by atoms with E-state index >= 15 is 0 Å². The lowest BCUT2D eigenvalue weighted by molar-refractivity contribution is 0.413. The number of nitrogens with zero attached hydrogens (tertiary/aromatic N) is 1. The molecule has 0 aliphatic heterocycles. The molecule has 1 N–H and O–H groups in total. The Morgan fingerprint density at radius 1 is 1.29 bits per heavy atom. The van der Waals surface area contributed by atoms with Crippen molar-refractivity contribution in [3.8, 4) is 0 Å². The van der Waals surface area contributed by atoms with Crippen LogP contribution in [0.5, 0.6) is 0 Å². The smallest absolute Gasteiger partial charge is 0.0340 e. The molecule has 0 bridgehead atoms. The van der Waals surface area contributed by atoms with Crippen LogP contribution in [0.25, 0.3) is 0 Å². The molecule has 2 heteroatoms. The second-order valence-corrected chi connectivity index (χ2v) is 3.94. The number of hydrogen-bond acceptors (Lipinski definition) is 2. The number of rotatable bonds is 4. The summed E-state index contributed by atoms with van der Waals surface area (Å²) in [6.45, 7) is 3.28. The highest BCUT2D eigenvalue weighted by Gasteiger charge is 1.99. The van der Waals surface area contributed by atoms with E-state index in [1.54, 1.807) is 0 Å². The summed E-state index contributed by atoms with van der Waals surface area (Å²) in [5.41, 5.74) is 4.01. The van der Waals surface area contributed by atoms with Gasteiger partial charge in [0.2, 0.25) is 0 Å². The third kappa shape index (κ3) is 3.04. The quantitative estimate of drug-likeness (QED) is 0.786. The largest absolute Gasteiger partial charge is 0.388 e. The van der Waals surface area contributed by atoms with E-state index in [-0.39, 0.29) is 0 Å². The first-order valence-electron chi connectivity index (χ1n) is 5.05. The fraction of sp³-hybridized carbons (Fsp3) is 0.500. The molecule has 0 aliphatic carbocycles. The topological polar surface area (TPSA) is 15.3 Å². The molecule has 0 radical (unpaired) electrons. The first kappa shape index (κ1) is 11.1. The van der Waals surface area contributed by atoms with Gasteiger partial charge < -0.3 is 10.2 Å². The van der Waals surface area contributed by atoms with Crippen LogP contribution < -0.4 is 5.32 Å². The standard InChI is InChI=1S/C12H20N2/c1-10-9-12(13-2)6-5-11(10)7-8-14(3)4/h5-6,9,13H,7-8H2,1-4H3. The van der Waals surface area contributed by atoms with Crippen molar-refractivity contribution in [1.82, 2.24) is 4.90 Å². The molecule has 0 saturated heterocycles. The number of anilines is 1. The fourth-order valence-corrected chi connectivity index (χ4v) is 1.48. The summed E-state index contributed by atoms with van der Waals surface area (Å²) in [5, 5.41) is 3.15. The molecule has 0 amide bonds. The van der Waals surface area contributed by atoms with Crippen LogP contribution in [0.15, 0.2) is 18.2 Å². The van der Waals surface area contributed by atoms with Crippen molar-refractivity contribution in [1.29, 1.82) is 0 Å². The maximum Gasteiger partial charge on any atom is 0.0340 e. The van der Waals surface area contributed by atoms with Gasteiger partial charge in [0.25, 0.3) is 0 Å². The van der Waals surface area contributed by atoms with Crippen molar-refractivity contribution in [2.75, 3.05) is 33.0 Å². The lowest BCUT2D eigenvalue weighted by Gasteiger charge is -2.12. The van der Waals surface area contributed by atoms with Gasteiger partial charge in [-0.15, -0.1) is 0 Å². The maximum atomic E-state index is 3.15. The molecule has 0 aromatic heterocycles. The summed E-state index contributed by atoms with van der Waals surface area (Å²) >= 11 is 0. The van der Waals surface area contributed by atoms with Crippen LogP contribution in [-0.2, 0) is 6.42 Å². The van der Waals surface area contributed by atoms with Gasteiger partial charge in [-0.25, -0.2) is 0 Å². The Labute approximate surface area is 86.9 Å². The lowest BCUT2D eigenvalue weighted by Crippen LogP contribution is -2.15. The Balaban J connectivity index is 2.69. The Morgan fingerprint density at radius 3 is 2.50 bits per heavy atom. The summed E-state index contributed by atoms with van der Waals surface area (Å²) in [6.07, 6.45) is 1.13. The van der Waals surface area contributed by atoms with Gasteiger partial charge in [0.15, 0.2) is 0 Å². The Bertz CT molecular complexity index is 292.